The Hall–Kier alpha value is -2.07. The van der Waals surface area contributed by atoms with Crippen molar-refractivity contribution in [2.75, 3.05) is 37.2 Å². The lowest BCUT2D eigenvalue weighted by atomic mass is 10.1. The normalized spacial score (nSPS) is 14.8. The van der Waals surface area contributed by atoms with E-state index >= 15 is 0 Å². The smallest absolute Gasteiger partial charge is 0.205 e. The number of nitrogens with one attached hydrogen (secondary N) is 1. The van der Waals surface area contributed by atoms with Crippen molar-refractivity contribution in [1.29, 1.82) is 5.26 Å². The molecule has 136 valence electrons. The maximum Gasteiger partial charge on any atom is 0.205 e. The molecule has 2 aromatic rings. The van der Waals surface area contributed by atoms with Crippen molar-refractivity contribution in [3.63, 3.8) is 0 Å². The molecule has 3 N–H and O–H groups in total. The largest absolute Gasteiger partial charge is 0.396 e. The zero-order valence-corrected chi connectivity index (χ0v) is 16.0. The van der Waals surface area contributed by atoms with Gasteiger partial charge in [0.15, 0.2) is 0 Å². The van der Waals surface area contributed by atoms with Crippen molar-refractivity contribution in [2.24, 2.45) is 0 Å². The van der Waals surface area contributed by atoms with Crippen LogP contribution in [0.25, 0.3) is 0 Å². The molecule has 0 unspecified atom stereocenters. The number of carbonyl (C=O) groups is 1. The van der Waals surface area contributed by atoms with Crippen molar-refractivity contribution in [2.45, 2.75) is 19.3 Å². The molecular formula is C19H21ClN4OS. The summed E-state index contributed by atoms with van der Waals surface area (Å²) >= 11 is 7.21. The average molecular weight is 389 g/mol. The Labute approximate surface area is 162 Å². The van der Waals surface area contributed by atoms with Gasteiger partial charge in [0.1, 0.15) is 21.5 Å². The van der Waals surface area contributed by atoms with Crippen LogP contribution in [0.5, 0.6) is 0 Å². The average Bonchev–Trinajstić information content (AvgIpc) is 2.97. The van der Waals surface area contributed by atoms with Crippen LogP contribution >= 0.6 is 22.9 Å². The monoisotopic (exact) mass is 388 g/mol. The minimum absolute atomic E-state index is 0.212. The highest BCUT2D eigenvalue weighted by Gasteiger charge is 2.22. The Morgan fingerprint density at radius 3 is 2.81 bits per heavy atom. The van der Waals surface area contributed by atoms with Gasteiger partial charge < -0.3 is 16.0 Å². The molecule has 7 heteroatoms. The first-order valence-corrected chi connectivity index (χ1v) is 9.88. The summed E-state index contributed by atoms with van der Waals surface area (Å²) in [5.41, 5.74) is 7.14. The number of nitriles is 1. The van der Waals surface area contributed by atoms with E-state index in [-0.39, 0.29) is 11.5 Å². The predicted octanol–water partition coefficient (Wildman–Crippen LogP) is 3.98. The number of nitrogens with two attached hydrogens (primary N) is 1. The number of nitrogens with zero attached hydrogens (tertiary/aromatic N) is 2. The van der Waals surface area contributed by atoms with Gasteiger partial charge in [0.05, 0.1) is 5.69 Å². The first-order chi connectivity index (χ1) is 12.6. The van der Waals surface area contributed by atoms with Crippen LogP contribution in [0.1, 0.15) is 40.1 Å². The molecule has 0 spiro atoms. The van der Waals surface area contributed by atoms with Crippen LogP contribution in [0.2, 0.25) is 5.02 Å². The van der Waals surface area contributed by atoms with Crippen molar-refractivity contribution < 1.29 is 4.79 Å². The van der Waals surface area contributed by atoms with E-state index < -0.39 is 0 Å². The number of rotatable bonds is 6. The summed E-state index contributed by atoms with van der Waals surface area (Å²) in [5, 5.41) is 13.9. The fraction of sp³-hybridized carbons (Fsp3) is 0.368. The number of halogens is 1. The number of thiophene rings is 1. The van der Waals surface area contributed by atoms with Crippen LogP contribution in [-0.4, -0.2) is 36.9 Å². The molecule has 0 aliphatic carbocycles. The van der Waals surface area contributed by atoms with Crippen LogP contribution in [0.15, 0.2) is 24.3 Å². The molecule has 1 saturated heterocycles. The van der Waals surface area contributed by atoms with E-state index in [2.05, 4.69) is 16.3 Å². The molecule has 1 aromatic carbocycles. The van der Waals surface area contributed by atoms with Gasteiger partial charge in [-0.15, -0.1) is 11.3 Å². The molecule has 1 aromatic heterocycles. The number of ketones is 1. The second-order valence-corrected chi connectivity index (χ2v) is 7.79. The third kappa shape index (κ3) is 4.18. The third-order valence-electron chi connectivity index (χ3n) is 4.51. The molecule has 1 aliphatic rings. The quantitative estimate of drug-likeness (QED) is 0.731. The molecule has 2 heterocycles. The van der Waals surface area contributed by atoms with E-state index in [1.54, 1.807) is 24.3 Å². The van der Waals surface area contributed by atoms with Gasteiger partial charge in [0.2, 0.25) is 5.78 Å². The van der Waals surface area contributed by atoms with Gasteiger partial charge in [-0.05, 0) is 38.1 Å². The highest BCUT2D eigenvalue weighted by molar-refractivity contribution is 7.19. The molecule has 0 amide bonds. The van der Waals surface area contributed by atoms with Gasteiger partial charge in [-0.2, -0.15) is 5.26 Å². The van der Waals surface area contributed by atoms with E-state index in [4.69, 9.17) is 17.3 Å². The van der Waals surface area contributed by atoms with Crippen LogP contribution in [0, 0.1) is 11.3 Å². The fourth-order valence-corrected chi connectivity index (χ4v) is 4.37. The van der Waals surface area contributed by atoms with Crippen molar-refractivity contribution >= 4 is 39.4 Å². The summed E-state index contributed by atoms with van der Waals surface area (Å²) in [5.74, 6) is -0.212. The van der Waals surface area contributed by atoms with Crippen LogP contribution in [0.4, 0.5) is 10.7 Å². The van der Waals surface area contributed by atoms with E-state index in [9.17, 15) is 10.1 Å². The molecule has 0 bridgehead atoms. The summed E-state index contributed by atoms with van der Waals surface area (Å²) in [6, 6.07) is 8.87. The van der Waals surface area contributed by atoms with Crippen LogP contribution in [0.3, 0.4) is 0 Å². The SMILES string of the molecule is N#Cc1c(NCCN2CCCCC2)sc(C(=O)c2cccc(Cl)c2)c1N. The Morgan fingerprint density at radius 2 is 2.12 bits per heavy atom. The molecule has 1 aliphatic heterocycles. The molecule has 0 atom stereocenters. The summed E-state index contributed by atoms with van der Waals surface area (Å²) < 4.78 is 0. The summed E-state index contributed by atoms with van der Waals surface area (Å²) in [6.45, 7) is 3.88. The standard InChI is InChI=1S/C19H21ClN4OS/c20-14-6-4-5-13(11-14)17(25)18-16(22)15(12-21)19(26-18)23-7-10-24-8-2-1-3-9-24/h4-6,11,23H,1-3,7-10,22H2. The van der Waals surface area contributed by atoms with E-state index in [0.717, 1.165) is 26.2 Å². The minimum atomic E-state index is -0.212. The molecule has 5 nitrogen and oxygen atoms in total. The lowest BCUT2D eigenvalue weighted by molar-refractivity contribution is 0.104. The third-order valence-corrected chi connectivity index (χ3v) is 5.91. The lowest BCUT2D eigenvalue weighted by Gasteiger charge is -2.26. The number of nitrogen functional groups attached to an aromatic ring is 1. The van der Waals surface area contributed by atoms with Crippen LogP contribution < -0.4 is 11.1 Å². The van der Waals surface area contributed by atoms with Gasteiger partial charge in [-0.25, -0.2) is 0 Å². The van der Waals surface area contributed by atoms with Crippen molar-refractivity contribution in [1.82, 2.24) is 4.90 Å². The van der Waals surface area contributed by atoms with Crippen LogP contribution in [-0.2, 0) is 0 Å². The first-order valence-electron chi connectivity index (χ1n) is 8.69. The number of piperidine rings is 1. The second kappa shape index (κ2) is 8.54. The Bertz CT molecular complexity index is 837. The lowest BCUT2D eigenvalue weighted by Crippen LogP contribution is -2.33. The predicted molar refractivity (Wildman–Crippen MR) is 107 cm³/mol. The Kier molecular flexibility index (Phi) is 6.15. The maximum atomic E-state index is 12.7. The van der Waals surface area contributed by atoms with Gasteiger partial charge in [-0.1, -0.05) is 30.2 Å². The Balaban J connectivity index is 1.74. The first kappa shape index (κ1) is 18.7. The Morgan fingerprint density at radius 1 is 1.35 bits per heavy atom. The number of hydrogen-bond donors (Lipinski definition) is 2. The van der Waals surface area contributed by atoms with Crippen molar-refractivity contribution in [3.8, 4) is 6.07 Å². The number of carbonyl (C=O) groups excluding carboxylic acids is 1. The summed E-state index contributed by atoms with van der Waals surface area (Å²) in [4.78, 5) is 15.5. The topological polar surface area (TPSA) is 82.2 Å². The minimum Gasteiger partial charge on any atom is -0.396 e. The van der Waals surface area contributed by atoms with Gasteiger partial charge in [0.25, 0.3) is 0 Å². The number of anilines is 2. The van der Waals surface area contributed by atoms with E-state index in [1.807, 2.05) is 0 Å². The number of likely N-dealkylation sites (tertiary alicyclic amines) is 1. The molecule has 26 heavy (non-hydrogen) atoms. The van der Waals surface area contributed by atoms with Crippen molar-refractivity contribution in [3.05, 3.63) is 45.3 Å². The molecule has 0 saturated carbocycles. The molecule has 3 rings (SSSR count). The summed E-state index contributed by atoms with van der Waals surface area (Å²) in [7, 11) is 0. The second-order valence-electron chi connectivity index (χ2n) is 6.33. The highest BCUT2D eigenvalue weighted by atomic mass is 35.5. The summed E-state index contributed by atoms with van der Waals surface area (Å²) in [6.07, 6.45) is 3.79. The molecule has 1 fully saturated rings. The van der Waals surface area contributed by atoms with Gasteiger partial charge in [0, 0.05) is 23.7 Å². The zero-order valence-electron chi connectivity index (χ0n) is 14.4. The molecular weight excluding hydrogens is 368 g/mol. The van der Waals surface area contributed by atoms with Gasteiger partial charge in [-0.3, -0.25) is 4.79 Å². The zero-order chi connectivity index (χ0) is 18.5. The van der Waals surface area contributed by atoms with E-state index in [1.165, 1.54) is 30.6 Å². The highest BCUT2D eigenvalue weighted by Crippen LogP contribution is 2.36. The van der Waals surface area contributed by atoms with Gasteiger partial charge >= 0.3 is 0 Å². The molecule has 0 radical (unpaired) electrons. The van der Waals surface area contributed by atoms with E-state index in [0.29, 0.717) is 26.0 Å². The number of hydrogen-bond acceptors (Lipinski definition) is 6. The number of benzene rings is 1. The fourth-order valence-electron chi connectivity index (χ4n) is 3.12. The maximum absolute atomic E-state index is 12.7.